The molecule has 0 unspecified atom stereocenters. The Morgan fingerprint density at radius 1 is 0.976 bits per heavy atom. The number of guanidine groups is 1. The fourth-order valence-electron chi connectivity index (χ4n) is 4.67. The van der Waals surface area contributed by atoms with Crippen molar-refractivity contribution in [2.45, 2.75) is 90.0 Å². The van der Waals surface area contributed by atoms with Crippen LogP contribution in [0.5, 0.6) is 0 Å². The summed E-state index contributed by atoms with van der Waals surface area (Å²) in [4.78, 5) is 42.2. The number of ether oxygens (including phenoxy) is 3. The number of carbonyl (C=O) groups excluding carboxylic acids is 3. The maximum atomic E-state index is 12.7. The molecule has 1 aliphatic carbocycles. The molecule has 42 heavy (non-hydrogen) atoms. The molecule has 2 aromatic carbocycles. The van der Waals surface area contributed by atoms with Crippen molar-refractivity contribution in [1.29, 1.82) is 0 Å². The van der Waals surface area contributed by atoms with E-state index < -0.39 is 29.3 Å². The van der Waals surface area contributed by atoms with Crippen LogP contribution >= 0.6 is 11.6 Å². The van der Waals surface area contributed by atoms with Crippen LogP contribution in [0.2, 0.25) is 5.02 Å². The van der Waals surface area contributed by atoms with Crippen LogP contribution < -0.4 is 16.0 Å². The first-order chi connectivity index (χ1) is 19.9. The predicted molar refractivity (Wildman–Crippen MR) is 163 cm³/mol. The minimum atomic E-state index is -1.21. The summed E-state index contributed by atoms with van der Waals surface area (Å²) in [5.74, 6) is -0.366. The third kappa shape index (κ3) is 10.2. The molecule has 0 spiro atoms. The van der Waals surface area contributed by atoms with Crippen LogP contribution in [-0.2, 0) is 31.2 Å². The number of anilines is 1. The van der Waals surface area contributed by atoms with Crippen molar-refractivity contribution in [3.63, 3.8) is 0 Å². The third-order valence-corrected chi connectivity index (χ3v) is 7.11. The highest BCUT2D eigenvalue weighted by molar-refractivity contribution is 6.34. The lowest BCUT2D eigenvalue weighted by atomic mass is 9.88. The predicted octanol–water partition coefficient (Wildman–Crippen LogP) is 6.67. The van der Waals surface area contributed by atoms with Gasteiger partial charge < -0.3 is 24.8 Å². The van der Waals surface area contributed by atoms with Crippen molar-refractivity contribution in [1.82, 2.24) is 10.6 Å². The van der Waals surface area contributed by atoms with E-state index in [4.69, 9.17) is 25.8 Å². The molecule has 11 heteroatoms. The molecule has 0 aromatic heterocycles. The van der Waals surface area contributed by atoms with Gasteiger partial charge in [-0.05, 0) is 57.7 Å². The fourth-order valence-corrected chi connectivity index (χ4v) is 5.05. The summed E-state index contributed by atoms with van der Waals surface area (Å²) < 4.78 is 15.8. The summed E-state index contributed by atoms with van der Waals surface area (Å²) in [5, 5.41) is 9.46. The van der Waals surface area contributed by atoms with Crippen molar-refractivity contribution in [3.8, 4) is 0 Å². The Kier molecular flexibility index (Phi) is 11.6. The van der Waals surface area contributed by atoms with E-state index in [1.807, 2.05) is 30.3 Å². The monoisotopic (exact) mass is 600 g/mol. The average molecular weight is 601 g/mol. The summed E-state index contributed by atoms with van der Waals surface area (Å²) in [6.07, 6.45) is 3.44. The molecule has 2 aromatic rings. The second-order valence-corrected chi connectivity index (χ2v) is 11.9. The molecule has 3 N–H and O–H groups in total. The van der Waals surface area contributed by atoms with E-state index in [2.05, 4.69) is 20.9 Å². The maximum Gasteiger partial charge on any atom is 0.437 e. The van der Waals surface area contributed by atoms with E-state index in [1.165, 1.54) is 7.11 Å². The highest BCUT2D eigenvalue weighted by atomic mass is 35.5. The van der Waals surface area contributed by atoms with E-state index in [0.29, 0.717) is 5.56 Å². The zero-order chi connectivity index (χ0) is 30.8. The Hall–Kier alpha value is -3.79. The first-order valence-corrected chi connectivity index (χ1v) is 14.5. The van der Waals surface area contributed by atoms with Crippen LogP contribution in [0.25, 0.3) is 0 Å². The van der Waals surface area contributed by atoms with Gasteiger partial charge in [0, 0.05) is 6.04 Å². The lowest BCUT2D eigenvalue weighted by Gasteiger charge is -2.35. The normalized spacial score (nSPS) is 15.6. The first kappa shape index (κ1) is 32.7. The minimum absolute atomic E-state index is 0.0812. The maximum absolute atomic E-state index is 12.7. The number of nitrogens with zero attached hydrogens (tertiary/aromatic N) is 1. The summed E-state index contributed by atoms with van der Waals surface area (Å²) in [7, 11) is 1.29. The van der Waals surface area contributed by atoms with Gasteiger partial charge in [0.15, 0.2) is 0 Å². The Balaban J connectivity index is 1.91. The lowest BCUT2D eigenvalue weighted by molar-refractivity contribution is -0.142. The number of rotatable bonds is 8. The number of amides is 2. The smallest absolute Gasteiger partial charge is 0.437 e. The molecule has 1 saturated carbocycles. The molecule has 2 amide bonds. The summed E-state index contributed by atoms with van der Waals surface area (Å²) in [6, 6.07) is 14.4. The van der Waals surface area contributed by atoms with E-state index in [9.17, 15) is 14.4 Å². The minimum Gasteiger partial charge on any atom is -0.469 e. The highest BCUT2D eigenvalue weighted by Crippen LogP contribution is 2.36. The molecule has 0 heterocycles. The van der Waals surface area contributed by atoms with Gasteiger partial charge in [0.1, 0.15) is 12.2 Å². The van der Waals surface area contributed by atoms with Crippen LogP contribution in [0.15, 0.2) is 53.5 Å². The molecular formula is C31H41ClN4O6. The molecule has 0 radical (unpaired) electrons. The quantitative estimate of drug-likeness (QED) is 0.133. The Morgan fingerprint density at radius 2 is 1.67 bits per heavy atom. The molecule has 1 aliphatic rings. The first-order valence-electron chi connectivity index (χ1n) is 14.1. The topological polar surface area (TPSA) is 127 Å². The van der Waals surface area contributed by atoms with Crippen LogP contribution in [0.3, 0.4) is 0 Å². The summed E-state index contributed by atoms with van der Waals surface area (Å²) in [6.45, 7) is 7.10. The van der Waals surface area contributed by atoms with E-state index in [1.54, 1.807) is 45.9 Å². The number of esters is 1. The molecular weight excluding hydrogens is 560 g/mol. The number of carbonyl (C=O) groups is 3. The van der Waals surface area contributed by atoms with E-state index in [0.717, 1.165) is 37.7 Å². The van der Waals surface area contributed by atoms with Gasteiger partial charge in [0.25, 0.3) is 0 Å². The van der Waals surface area contributed by atoms with Gasteiger partial charge in [-0.25, -0.2) is 9.59 Å². The number of benzene rings is 2. The number of halogens is 1. The van der Waals surface area contributed by atoms with Gasteiger partial charge in [0.05, 0.1) is 29.8 Å². The van der Waals surface area contributed by atoms with Crippen molar-refractivity contribution in [2.75, 3.05) is 12.4 Å². The second-order valence-electron chi connectivity index (χ2n) is 11.5. The number of hydrogen-bond acceptors (Lipinski definition) is 6. The molecule has 0 aliphatic heterocycles. The van der Waals surface area contributed by atoms with Crippen LogP contribution in [0.1, 0.15) is 77.3 Å². The van der Waals surface area contributed by atoms with Gasteiger partial charge in [0.2, 0.25) is 5.96 Å². The second kappa shape index (κ2) is 14.9. The highest BCUT2D eigenvalue weighted by Gasteiger charge is 2.35. The third-order valence-electron chi connectivity index (χ3n) is 6.71. The van der Waals surface area contributed by atoms with Crippen LogP contribution in [0.4, 0.5) is 15.3 Å². The van der Waals surface area contributed by atoms with E-state index in [-0.39, 0.29) is 35.7 Å². The molecule has 0 bridgehead atoms. The molecule has 228 valence electrons. The van der Waals surface area contributed by atoms with Crippen molar-refractivity contribution in [3.05, 3.63) is 64.7 Å². The van der Waals surface area contributed by atoms with Crippen LogP contribution in [0, 0.1) is 0 Å². The van der Waals surface area contributed by atoms with Crippen LogP contribution in [-0.4, -0.2) is 42.9 Å². The Morgan fingerprint density at radius 3 is 2.31 bits per heavy atom. The SMILES string of the molecule is COC(=O)C[C@](C)(NC(=NC(=O)OC(C)(C)C)NC1CCCCC1)c1cccc(NC(=O)OCc2ccccc2)c1Cl. The average Bonchev–Trinajstić information content (AvgIpc) is 2.93. The summed E-state index contributed by atoms with van der Waals surface area (Å²) >= 11 is 6.83. The van der Waals surface area contributed by atoms with Gasteiger partial charge in [-0.3, -0.25) is 10.1 Å². The zero-order valence-corrected chi connectivity index (χ0v) is 25.7. The molecule has 1 fully saturated rings. The van der Waals surface area contributed by atoms with Gasteiger partial charge in [-0.15, -0.1) is 4.99 Å². The number of hydrogen-bond donors (Lipinski definition) is 3. The molecule has 3 rings (SSSR count). The molecule has 10 nitrogen and oxygen atoms in total. The van der Waals surface area contributed by atoms with Gasteiger partial charge in [-0.2, -0.15) is 0 Å². The zero-order valence-electron chi connectivity index (χ0n) is 24.9. The lowest BCUT2D eigenvalue weighted by Crippen LogP contribution is -2.53. The molecule has 0 saturated heterocycles. The van der Waals surface area contributed by atoms with E-state index >= 15 is 0 Å². The van der Waals surface area contributed by atoms with Crippen molar-refractivity contribution >= 4 is 41.4 Å². The summed E-state index contributed by atoms with van der Waals surface area (Å²) in [5.41, 5.74) is -0.360. The standard InChI is InChI=1S/C31H41ClN4O6/c1-30(2,3)42-29(39)35-27(33-22-15-10-7-11-16-22)36-31(4,19-25(37)40-5)23-17-12-18-24(26(23)32)34-28(38)41-20-21-13-8-6-9-14-21/h6,8-9,12-14,17-18,22H,7,10-11,15-16,19-20H2,1-5H3,(H,34,38)(H2,33,35,36,39)/t31-/m0/s1. The fraction of sp³-hybridized carbons (Fsp3) is 0.484. The Labute approximate surface area is 252 Å². The number of aliphatic imine (C=N–C) groups is 1. The van der Waals surface area contributed by atoms with Crippen molar-refractivity contribution < 1.29 is 28.6 Å². The largest absolute Gasteiger partial charge is 0.469 e. The van der Waals surface area contributed by atoms with Gasteiger partial charge in [-0.1, -0.05) is 73.3 Å². The van der Waals surface area contributed by atoms with Gasteiger partial charge >= 0.3 is 18.2 Å². The number of nitrogens with one attached hydrogen (secondary N) is 3. The molecule has 1 atom stereocenters. The number of methoxy groups -OCH3 is 1. The van der Waals surface area contributed by atoms with Crippen molar-refractivity contribution in [2.24, 2.45) is 4.99 Å². The Bertz CT molecular complexity index is 1260.